The first-order valence-electron chi connectivity index (χ1n) is 10.9. The lowest BCUT2D eigenvalue weighted by molar-refractivity contribution is -0.117. The maximum absolute atomic E-state index is 13.3. The molecule has 0 saturated heterocycles. The third-order valence-corrected chi connectivity index (χ3v) is 7.90. The molecule has 0 aromatic heterocycles. The van der Waals surface area contributed by atoms with Crippen molar-refractivity contribution in [1.82, 2.24) is 0 Å². The molecule has 5 nitrogen and oxygen atoms in total. The van der Waals surface area contributed by atoms with E-state index in [-0.39, 0.29) is 16.5 Å². The standard InChI is InChI=1S/C26H22Cl5N3O2/c1-13-8-17(32-2)5-7-21(13)34(3)25(36)19-12-18(4-6-20(19)29)33-24(35)23-22(26(23,30)31)14-9-15(27)11-16(28)10-14/h4-12,22-23,32H,1-3H3,(H,33,35)/t22-,23+/m0/s1. The van der Waals surface area contributed by atoms with E-state index in [2.05, 4.69) is 10.6 Å². The van der Waals surface area contributed by atoms with Crippen LogP contribution in [0.5, 0.6) is 0 Å². The molecule has 0 spiro atoms. The number of nitrogens with zero attached hydrogens (tertiary/aromatic N) is 1. The van der Waals surface area contributed by atoms with Gasteiger partial charge in [0.15, 0.2) is 0 Å². The molecule has 3 aromatic carbocycles. The molecule has 1 fully saturated rings. The lowest BCUT2D eigenvalue weighted by Crippen LogP contribution is -2.27. The van der Waals surface area contributed by atoms with E-state index >= 15 is 0 Å². The SMILES string of the molecule is CNc1ccc(N(C)C(=O)c2cc(NC(=O)[C@H]3[C@H](c4cc(Cl)cc(Cl)c4)C3(Cl)Cl)ccc2Cl)c(C)c1. The molecule has 0 bridgehead atoms. The summed E-state index contributed by atoms with van der Waals surface area (Å²) in [4.78, 5) is 27.9. The van der Waals surface area contributed by atoms with Crippen molar-refractivity contribution in [1.29, 1.82) is 0 Å². The zero-order valence-corrected chi connectivity index (χ0v) is 23.3. The number of halogens is 5. The summed E-state index contributed by atoms with van der Waals surface area (Å²) in [7, 11) is 3.50. The van der Waals surface area contributed by atoms with Crippen molar-refractivity contribution in [2.24, 2.45) is 5.92 Å². The number of benzene rings is 3. The van der Waals surface area contributed by atoms with Gasteiger partial charge in [-0.1, -0.05) is 34.8 Å². The Morgan fingerprint density at radius 2 is 1.56 bits per heavy atom. The number of carbonyl (C=O) groups excluding carboxylic acids is 2. The van der Waals surface area contributed by atoms with Crippen LogP contribution in [0.1, 0.15) is 27.4 Å². The van der Waals surface area contributed by atoms with Gasteiger partial charge < -0.3 is 15.5 Å². The minimum atomic E-state index is -1.32. The van der Waals surface area contributed by atoms with Crippen LogP contribution >= 0.6 is 58.0 Å². The summed E-state index contributed by atoms with van der Waals surface area (Å²) >= 11 is 31.5. The zero-order chi connectivity index (χ0) is 26.4. The van der Waals surface area contributed by atoms with Crippen molar-refractivity contribution in [3.8, 4) is 0 Å². The first kappa shape index (κ1) is 26.9. The predicted molar refractivity (Wildman–Crippen MR) is 151 cm³/mol. The second-order valence-corrected chi connectivity index (χ2v) is 11.4. The van der Waals surface area contributed by atoms with Gasteiger partial charge in [-0.15, -0.1) is 23.2 Å². The Bertz CT molecular complexity index is 1340. The van der Waals surface area contributed by atoms with Crippen molar-refractivity contribution in [2.45, 2.75) is 17.2 Å². The van der Waals surface area contributed by atoms with E-state index in [0.29, 0.717) is 21.3 Å². The molecule has 4 rings (SSSR count). The highest BCUT2D eigenvalue weighted by Crippen LogP contribution is 2.65. The molecule has 2 N–H and O–H groups in total. The first-order valence-corrected chi connectivity index (χ1v) is 12.8. The topological polar surface area (TPSA) is 61.4 Å². The van der Waals surface area contributed by atoms with Gasteiger partial charge in [0.05, 0.1) is 16.5 Å². The lowest BCUT2D eigenvalue weighted by atomic mass is 10.1. The quantitative estimate of drug-likeness (QED) is 0.290. The Hall–Kier alpha value is -2.15. The van der Waals surface area contributed by atoms with Crippen LogP contribution in [0.25, 0.3) is 0 Å². The molecular weight excluding hydrogens is 564 g/mol. The third kappa shape index (κ3) is 5.27. The van der Waals surface area contributed by atoms with Crippen LogP contribution in [0.15, 0.2) is 54.6 Å². The maximum Gasteiger partial charge on any atom is 0.259 e. The van der Waals surface area contributed by atoms with Gasteiger partial charge in [0.25, 0.3) is 5.91 Å². The number of nitrogens with one attached hydrogen (secondary N) is 2. The predicted octanol–water partition coefficient (Wildman–Crippen LogP) is 7.80. The molecule has 0 unspecified atom stereocenters. The van der Waals surface area contributed by atoms with Gasteiger partial charge in [0.2, 0.25) is 5.91 Å². The first-order chi connectivity index (χ1) is 16.9. The fourth-order valence-corrected chi connectivity index (χ4v) is 5.86. The number of alkyl halides is 2. The number of hydrogen-bond acceptors (Lipinski definition) is 3. The lowest BCUT2D eigenvalue weighted by Gasteiger charge is -2.21. The van der Waals surface area contributed by atoms with Crippen molar-refractivity contribution in [3.63, 3.8) is 0 Å². The molecule has 3 aromatic rings. The van der Waals surface area contributed by atoms with Gasteiger partial charge in [-0.25, -0.2) is 0 Å². The van der Waals surface area contributed by atoms with Crippen molar-refractivity contribution >= 4 is 86.9 Å². The maximum atomic E-state index is 13.3. The van der Waals surface area contributed by atoms with E-state index in [4.69, 9.17) is 58.0 Å². The molecule has 0 radical (unpaired) electrons. The Labute approximate surface area is 234 Å². The number of aryl methyl sites for hydroxylation is 1. The average molecular weight is 586 g/mol. The van der Waals surface area contributed by atoms with Gasteiger partial charge in [-0.3, -0.25) is 9.59 Å². The van der Waals surface area contributed by atoms with E-state index in [1.165, 1.54) is 11.0 Å². The van der Waals surface area contributed by atoms with Crippen LogP contribution in [0.2, 0.25) is 15.1 Å². The van der Waals surface area contributed by atoms with Crippen LogP contribution in [0.4, 0.5) is 17.1 Å². The highest BCUT2D eigenvalue weighted by Gasteiger charge is 2.67. The van der Waals surface area contributed by atoms with Gasteiger partial charge in [-0.05, 0) is 72.6 Å². The summed E-state index contributed by atoms with van der Waals surface area (Å²) < 4.78 is -1.32. The molecule has 1 aliphatic rings. The normalized spacial score (nSPS) is 17.9. The Balaban J connectivity index is 1.54. The smallest absolute Gasteiger partial charge is 0.259 e. The summed E-state index contributed by atoms with van der Waals surface area (Å²) in [5.74, 6) is -1.94. The number of amides is 2. The molecule has 188 valence electrons. The highest BCUT2D eigenvalue weighted by molar-refractivity contribution is 6.53. The van der Waals surface area contributed by atoms with E-state index in [1.807, 2.05) is 32.2 Å². The summed E-state index contributed by atoms with van der Waals surface area (Å²) in [6, 6.07) is 15.4. The largest absolute Gasteiger partial charge is 0.388 e. The van der Waals surface area contributed by atoms with Gasteiger partial charge in [0, 0.05) is 47.1 Å². The molecule has 2 amide bonds. The molecule has 0 heterocycles. The van der Waals surface area contributed by atoms with Gasteiger partial charge in [-0.2, -0.15) is 0 Å². The Morgan fingerprint density at radius 1 is 0.917 bits per heavy atom. The van der Waals surface area contributed by atoms with Crippen LogP contribution in [-0.2, 0) is 4.79 Å². The monoisotopic (exact) mass is 583 g/mol. The second kappa shape index (κ2) is 10.3. The third-order valence-electron chi connectivity index (χ3n) is 6.20. The Kier molecular flexibility index (Phi) is 7.70. The molecule has 1 saturated carbocycles. The average Bonchev–Trinajstić information content (AvgIpc) is 3.40. The van der Waals surface area contributed by atoms with E-state index in [9.17, 15) is 9.59 Å². The molecule has 0 aliphatic heterocycles. The molecule has 36 heavy (non-hydrogen) atoms. The van der Waals surface area contributed by atoms with Crippen molar-refractivity contribution < 1.29 is 9.59 Å². The number of anilines is 3. The minimum Gasteiger partial charge on any atom is -0.388 e. The fraction of sp³-hybridized carbons (Fsp3) is 0.231. The van der Waals surface area contributed by atoms with Gasteiger partial charge in [0.1, 0.15) is 4.33 Å². The summed E-state index contributed by atoms with van der Waals surface area (Å²) in [6.07, 6.45) is 0. The summed E-state index contributed by atoms with van der Waals surface area (Å²) in [5, 5.41) is 6.99. The molecule has 2 atom stereocenters. The number of hydrogen-bond donors (Lipinski definition) is 2. The van der Waals surface area contributed by atoms with Crippen LogP contribution in [0, 0.1) is 12.8 Å². The number of rotatable bonds is 6. The number of carbonyl (C=O) groups is 2. The van der Waals surface area contributed by atoms with E-state index < -0.39 is 22.1 Å². The highest BCUT2D eigenvalue weighted by atomic mass is 35.5. The van der Waals surface area contributed by atoms with Crippen molar-refractivity contribution in [2.75, 3.05) is 29.6 Å². The van der Waals surface area contributed by atoms with Crippen LogP contribution < -0.4 is 15.5 Å². The van der Waals surface area contributed by atoms with Crippen LogP contribution in [0.3, 0.4) is 0 Å². The Morgan fingerprint density at radius 3 is 2.17 bits per heavy atom. The molecule has 10 heteroatoms. The fourth-order valence-electron chi connectivity index (χ4n) is 4.29. The summed E-state index contributed by atoms with van der Waals surface area (Å²) in [6.45, 7) is 1.92. The van der Waals surface area contributed by atoms with Gasteiger partial charge >= 0.3 is 0 Å². The van der Waals surface area contributed by atoms with Crippen LogP contribution in [-0.4, -0.2) is 30.2 Å². The van der Waals surface area contributed by atoms with E-state index in [1.54, 1.807) is 37.4 Å². The van der Waals surface area contributed by atoms with E-state index in [0.717, 1.165) is 16.9 Å². The van der Waals surface area contributed by atoms with Crippen molar-refractivity contribution in [3.05, 3.63) is 86.4 Å². The molecule has 1 aliphatic carbocycles. The molecular formula is C26H22Cl5N3O2. The zero-order valence-electron chi connectivity index (χ0n) is 19.5. The minimum absolute atomic E-state index is 0.242. The summed E-state index contributed by atoms with van der Waals surface area (Å²) in [5.41, 5.74) is 3.89. The second-order valence-electron chi connectivity index (χ2n) is 8.63.